The zero-order valence-electron chi connectivity index (χ0n) is 9.58. The van der Waals surface area contributed by atoms with Gasteiger partial charge in [0.1, 0.15) is 5.60 Å². The Bertz CT molecular complexity index is 245. The third kappa shape index (κ3) is 3.91. The molecule has 4 nitrogen and oxygen atoms in total. The Morgan fingerprint density at radius 3 is 2.80 bits per heavy atom. The Labute approximate surface area is 90.6 Å². The molecule has 1 N–H and O–H groups in total. The molecule has 86 valence electrons. The van der Waals surface area contributed by atoms with Crippen LogP contribution in [-0.2, 0) is 9.47 Å². The molecule has 1 amide bonds. The molecule has 0 aromatic carbocycles. The van der Waals surface area contributed by atoms with Crippen LogP contribution in [0.3, 0.4) is 0 Å². The van der Waals surface area contributed by atoms with Crippen molar-refractivity contribution in [3.8, 4) is 0 Å². The van der Waals surface area contributed by atoms with Crippen molar-refractivity contribution in [3.05, 3.63) is 12.7 Å². The van der Waals surface area contributed by atoms with E-state index in [-0.39, 0.29) is 12.1 Å². The second kappa shape index (κ2) is 4.66. The van der Waals surface area contributed by atoms with Gasteiger partial charge in [0.15, 0.2) is 0 Å². The van der Waals surface area contributed by atoms with E-state index in [1.54, 1.807) is 6.08 Å². The fraction of sp³-hybridized carbons (Fsp3) is 0.727. The van der Waals surface area contributed by atoms with Gasteiger partial charge >= 0.3 is 6.09 Å². The molecule has 0 saturated carbocycles. The molecule has 0 unspecified atom stereocenters. The molecule has 0 bridgehead atoms. The highest BCUT2D eigenvalue weighted by molar-refractivity contribution is 5.68. The van der Waals surface area contributed by atoms with Crippen LogP contribution in [0.15, 0.2) is 12.7 Å². The highest BCUT2D eigenvalue weighted by atomic mass is 16.6. The lowest BCUT2D eigenvalue weighted by Crippen LogP contribution is -2.42. The monoisotopic (exact) mass is 213 g/mol. The molecular weight excluding hydrogens is 194 g/mol. The first-order valence-corrected chi connectivity index (χ1v) is 5.16. The van der Waals surface area contributed by atoms with Gasteiger partial charge in [-0.1, -0.05) is 6.08 Å². The summed E-state index contributed by atoms with van der Waals surface area (Å²) in [5.74, 6) is 0. The predicted octanol–water partition coefficient (Wildman–Crippen LogP) is 1.85. The molecule has 1 heterocycles. The van der Waals surface area contributed by atoms with Gasteiger partial charge in [0.2, 0.25) is 0 Å². The summed E-state index contributed by atoms with van der Waals surface area (Å²) in [6.07, 6.45) is 2.01. The highest BCUT2D eigenvalue weighted by Gasteiger charge is 2.28. The lowest BCUT2D eigenvalue weighted by Gasteiger charge is -2.22. The van der Waals surface area contributed by atoms with Crippen LogP contribution < -0.4 is 5.32 Å². The van der Waals surface area contributed by atoms with E-state index in [0.717, 1.165) is 6.42 Å². The molecule has 0 aromatic heterocycles. The Morgan fingerprint density at radius 2 is 2.27 bits per heavy atom. The van der Waals surface area contributed by atoms with Crippen molar-refractivity contribution < 1.29 is 14.3 Å². The van der Waals surface area contributed by atoms with Gasteiger partial charge in [0, 0.05) is 6.61 Å². The Kier molecular flexibility index (Phi) is 3.74. The van der Waals surface area contributed by atoms with E-state index in [1.807, 2.05) is 20.8 Å². The fourth-order valence-corrected chi connectivity index (χ4v) is 1.46. The number of alkyl carbamates (subject to hydrolysis) is 1. The number of rotatable bonds is 2. The zero-order chi connectivity index (χ0) is 11.5. The van der Waals surface area contributed by atoms with Gasteiger partial charge in [-0.05, 0) is 27.2 Å². The summed E-state index contributed by atoms with van der Waals surface area (Å²) in [6, 6.07) is -0.0163. The van der Waals surface area contributed by atoms with Crippen LogP contribution in [0.25, 0.3) is 0 Å². The van der Waals surface area contributed by atoms with E-state index in [0.29, 0.717) is 6.61 Å². The number of carbonyl (C=O) groups is 1. The molecule has 0 radical (unpaired) electrons. The minimum Gasteiger partial charge on any atom is -0.444 e. The van der Waals surface area contributed by atoms with Gasteiger partial charge in [-0.25, -0.2) is 4.79 Å². The maximum absolute atomic E-state index is 11.5. The molecular formula is C11H19NO3. The van der Waals surface area contributed by atoms with Crippen LogP contribution in [0.4, 0.5) is 4.79 Å². The minimum atomic E-state index is -0.465. The number of nitrogens with one attached hydrogen (secondary N) is 1. The van der Waals surface area contributed by atoms with Crippen molar-refractivity contribution in [1.29, 1.82) is 0 Å². The van der Waals surface area contributed by atoms with Gasteiger partial charge in [0.25, 0.3) is 0 Å². The van der Waals surface area contributed by atoms with Gasteiger partial charge < -0.3 is 14.8 Å². The minimum absolute atomic E-state index is 0.0163. The molecule has 1 fully saturated rings. The van der Waals surface area contributed by atoms with Crippen LogP contribution in [0.5, 0.6) is 0 Å². The molecule has 0 aliphatic carbocycles. The third-order valence-electron chi connectivity index (χ3n) is 2.07. The molecule has 1 saturated heterocycles. The number of hydrogen-bond acceptors (Lipinski definition) is 3. The normalized spacial score (nSPS) is 26.1. The molecule has 1 aliphatic rings. The topological polar surface area (TPSA) is 47.6 Å². The molecule has 4 heteroatoms. The summed E-state index contributed by atoms with van der Waals surface area (Å²) >= 11 is 0. The van der Waals surface area contributed by atoms with Crippen molar-refractivity contribution in [2.45, 2.75) is 44.9 Å². The lowest BCUT2D eigenvalue weighted by atomic mass is 10.1. The van der Waals surface area contributed by atoms with Crippen LogP contribution in [0.1, 0.15) is 27.2 Å². The van der Waals surface area contributed by atoms with Crippen molar-refractivity contribution >= 4 is 6.09 Å². The van der Waals surface area contributed by atoms with Crippen molar-refractivity contribution in [2.75, 3.05) is 6.61 Å². The Balaban J connectivity index is 2.41. The lowest BCUT2D eigenvalue weighted by molar-refractivity contribution is 0.0478. The van der Waals surface area contributed by atoms with Gasteiger partial charge in [-0.2, -0.15) is 0 Å². The van der Waals surface area contributed by atoms with E-state index < -0.39 is 11.7 Å². The highest BCUT2D eigenvalue weighted by Crippen LogP contribution is 2.15. The first kappa shape index (κ1) is 12.0. The van der Waals surface area contributed by atoms with E-state index in [9.17, 15) is 4.79 Å². The molecule has 2 atom stereocenters. The van der Waals surface area contributed by atoms with Crippen molar-refractivity contribution in [1.82, 2.24) is 5.32 Å². The van der Waals surface area contributed by atoms with E-state index >= 15 is 0 Å². The summed E-state index contributed by atoms with van der Waals surface area (Å²) < 4.78 is 10.5. The van der Waals surface area contributed by atoms with E-state index in [1.165, 1.54) is 0 Å². The molecule has 0 aromatic rings. The molecule has 0 spiro atoms. The number of amides is 1. The first-order valence-electron chi connectivity index (χ1n) is 5.16. The summed E-state index contributed by atoms with van der Waals surface area (Å²) in [6.45, 7) is 9.82. The molecule has 1 rings (SSSR count). The Morgan fingerprint density at radius 1 is 1.60 bits per heavy atom. The van der Waals surface area contributed by atoms with Crippen LogP contribution >= 0.6 is 0 Å². The van der Waals surface area contributed by atoms with Gasteiger partial charge in [0.05, 0.1) is 12.1 Å². The summed E-state index contributed by atoms with van der Waals surface area (Å²) in [4.78, 5) is 11.5. The van der Waals surface area contributed by atoms with Crippen molar-refractivity contribution in [2.24, 2.45) is 0 Å². The summed E-state index contributed by atoms with van der Waals surface area (Å²) in [7, 11) is 0. The van der Waals surface area contributed by atoms with Gasteiger partial charge in [-0.3, -0.25) is 0 Å². The fourth-order valence-electron chi connectivity index (χ4n) is 1.46. The van der Waals surface area contributed by atoms with E-state index in [2.05, 4.69) is 11.9 Å². The number of ether oxygens (including phenoxy) is 2. The SMILES string of the molecule is C=C[C@@H]1OCC[C@H]1NC(=O)OC(C)(C)C. The van der Waals surface area contributed by atoms with E-state index in [4.69, 9.17) is 9.47 Å². The molecule has 1 aliphatic heterocycles. The maximum atomic E-state index is 11.5. The average Bonchev–Trinajstić information content (AvgIpc) is 2.48. The van der Waals surface area contributed by atoms with Crippen LogP contribution in [-0.4, -0.2) is 30.4 Å². The standard InChI is InChI=1S/C11H19NO3/c1-5-9-8(6-7-14-9)12-10(13)15-11(2,3)4/h5,8-9H,1,6-7H2,2-4H3,(H,12,13)/t8-,9+/m1/s1. The third-order valence-corrected chi connectivity index (χ3v) is 2.07. The quantitative estimate of drug-likeness (QED) is 0.712. The summed E-state index contributed by atoms with van der Waals surface area (Å²) in [5, 5.41) is 2.78. The second-order valence-electron chi connectivity index (χ2n) is 4.61. The largest absolute Gasteiger partial charge is 0.444 e. The van der Waals surface area contributed by atoms with Gasteiger partial charge in [-0.15, -0.1) is 6.58 Å². The zero-order valence-corrected chi connectivity index (χ0v) is 9.58. The van der Waals surface area contributed by atoms with Crippen molar-refractivity contribution in [3.63, 3.8) is 0 Å². The van der Waals surface area contributed by atoms with Crippen LogP contribution in [0.2, 0.25) is 0 Å². The smallest absolute Gasteiger partial charge is 0.407 e. The first-order chi connectivity index (χ1) is 6.92. The number of carbonyl (C=O) groups excluding carboxylic acids is 1. The summed E-state index contributed by atoms with van der Waals surface area (Å²) in [5.41, 5.74) is -0.465. The Hall–Kier alpha value is -1.03. The average molecular weight is 213 g/mol. The predicted molar refractivity (Wildman–Crippen MR) is 57.7 cm³/mol. The second-order valence-corrected chi connectivity index (χ2v) is 4.61. The molecule has 15 heavy (non-hydrogen) atoms. The maximum Gasteiger partial charge on any atom is 0.407 e. The van der Waals surface area contributed by atoms with Crippen LogP contribution in [0, 0.1) is 0 Å². The number of hydrogen-bond donors (Lipinski definition) is 1.